The maximum Gasteiger partial charge on any atom is 0.305 e. The molecule has 124 valence electrons. The minimum absolute atomic E-state index is 0.00379. The molecule has 0 radical (unpaired) electrons. The standard InChI is InChI=1S/C18H24N2O3/c1-10(2)18(5,9-16(21)22)20-17(23)15-8-13-12(4)11(3)6-7-14(13)19-15/h6-8,10,19H,9H2,1-5H3,(H,20,23)(H,21,22). The first-order valence-corrected chi connectivity index (χ1v) is 7.77. The van der Waals surface area contributed by atoms with E-state index in [9.17, 15) is 9.59 Å². The van der Waals surface area contributed by atoms with Crippen LogP contribution < -0.4 is 5.32 Å². The number of fused-ring (bicyclic) bond motifs is 1. The molecule has 0 saturated heterocycles. The van der Waals surface area contributed by atoms with Crippen LogP contribution in [0.25, 0.3) is 10.9 Å². The van der Waals surface area contributed by atoms with Gasteiger partial charge in [0.05, 0.1) is 12.0 Å². The Morgan fingerprint density at radius 2 is 1.96 bits per heavy atom. The number of hydrogen-bond acceptors (Lipinski definition) is 2. The third kappa shape index (κ3) is 3.38. The molecule has 5 nitrogen and oxygen atoms in total. The SMILES string of the molecule is Cc1ccc2[nH]c(C(=O)NC(C)(CC(=O)O)C(C)C)cc2c1C. The quantitative estimate of drug-likeness (QED) is 0.790. The third-order valence-corrected chi connectivity index (χ3v) is 4.78. The van der Waals surface area contributed by atoms with Crippen LogP contribution in [0.3, 0.4) is 0 Å². The lowest BCUT2D eigenvalue weighted by atomic mass is 9.85. The van der Waals surface area contributed by atoms with Gasteiger partial charge in [-0.15, -0.1) is 0 Å². The van der Waals surface area contributed by atoms with Gasteiger partial charge in [-0.2, -0.15) is 0 Å². The fourth-order valence-electron chi connectivity index (χ4n) is 2.61. The first-order valence-electron chi connectivity index (χ1n) is 7.77. The number of carboxylic acid groups (broad SMARTS) is 1. The summed E-state index contributed by atoms with van der Waals surface area (Å²) in [5, 5.41) is 13.0. The van der Waals surface area contributed by atoms with Crippen LogP contribution in [0.2, 0.25) is 0 Å². The number of rotatable bonds is 5. The number of aromatic nitrogens is 1. The van der Waals surface area contributed by atoms with Crippen molar-refractivity contribution in [1.82, 2.24) is 10.3 Å². The van der Waals surface area contributed by atoms with Gasteiger partial charge in [-0.3, -0.25) is 9.59 Å². The van der Waals surface area contributed by atoms with E-state index in [0.29, 0.717) is 5.69 Å². The minimum atomic E-state index is -0.926. The second-order valence-corrected chi connectivity index (χ2v) is 6.75. The number of nitrogens with one attached hydrogen (secondary N) is 2. The molecule has 1 amide bonds. The highest BCUT2D eigenvalue weighted by molar-refractivity contribution is 5.99. The lowest BCUT2D eigenvalue weighted by molar-refractivity contribution is -0.138. The molecule has 0 aliphatic heterocycles. The Hall–Kier alpha value is -2.30. The number of aliphatic carboxylic acids is 1. The van der Waals surface area contributed by atoms with Crippen LogP contribution in [0.15, 0.2) is 18.2 Å². The number of carbonyl (C=O) groups is 2. The zero-order valence-electron chi connectivity index (χ0n) is 14.3. The smallest absolute Gasteiger partial charge is 0.305 e. The van der Waals surface area contributed by atoms with Gasteiger partial charge < -0.3 is 15.4 Å². The molecule has 0 fully saturated rings. The Labute approximate surface area is 136 Å². The molecule has 0 spiro atoms. The molecule has 1 heterocycles. The Kier molecular flexibility index (Phi) is 4.50. The van der Waals surface area contributed by atoms with Gasteiger partial charge >= 0.3 is 5.97 Å². The van der Waals surface area contributed by atoms with Gasteiger partial charge in [-0.25, -0.2) is 0 Å². The number of hydrogen-bond donors (Lipinski definition) is 3. The van der Waals surface area contributed by atoms with Crippen molar-refractivity contribution in [2.24, 2.45) is 5.92 Å². The Bertz CT molecular complexity index is 761. The van der Waals surface area contributed by atoms with E-state index in [4.69, 9.17) is 5.11 Å². The van der Waals surface area contributed by atoms with Crippen LogP contribution in [0.4, 0.5) is 0 Å². The van der Waals surface area contributed by atoms with Crippen molar-refractivity contribution in [3.05, 3.63) is 35.0 Å². The summed E-state index contributed by atoms with van der Waals surface area (Å²) in [6.07, 6.45) is -0.116. The lowest BCUT2D eigenvalue weighted by Gasteiger charge is -2.33. The number of carbonyl (C=O) groups excluding carboxylic acids is 1. The third-order valence-electron chi connectivity index (χ3n) is 4.78. The first-order chi connectivity index (χ1) is 10.6. The summed E-state index contributed by atoms with van der Waals surface area (Å²) >= 11 is 0. The Morgan fingerprint density at radius 1 is 1.30 bits per heavy atom. The van der Waals surface area contributed by atoms with Gasteiger partial charge in [0.1, 0.15) is 5.69 Å². The second kappa shape index (κ2) is 6.07. The lowest BCUT2D eigenvalue weighted by Crippen LogP contribution is -2.51. The van der Waals surface area contributed by atoms with Gasteiger partial charge in [-0.05, 0) is 49.9 Å². The highest BCUT2D eigenvalue weighted by Gasteiger charge is 2.33. The van der Waals surface area contributed by atoms with Crippen molar-refractivity contribution in [3.8, 4) is 0 Å². The van der Waals surface area contributed by atoms with E-state index in [1.165, 1.54) is 5.56 Å². The minimum Gasteiger partial charge on any atom is -0.481 e. The monoisotopic (exact) mass is 316 g/mol. The molecule has 2 aromatic rings. The fraction of sp³-hybridized carbons (Fsp3) is 0.444. The van der Waals surface area contributed by atoms with Crippen molar-refractivity contribution in [3.63, 3.8) is 0 Å². The van der Waals surface area contributed by atoms with Gasteiger partial charge in [-0.1, -0.05) is 19.9 Å². The van der Waals surface area contributed by atoms with Crippen molar-refractivity contribution in [2.75, 3.05) is 0 Å². The van der Waals surface area contributed by atoms with Crippen LogP contribution >= 0.6 is 0 Å². The molecule has 0 bridgehead atoms. The van der Waals surface area contributed by atoms with E-state index >= 15 is 0 Å². The van der Waals surface area contributed by atoms with E-state index in [2.05, 4.69) is 10.3 Å². The molecular formula is C18H24N2O3. The number of benzene rings is 1. The first kappa shape index (κ1) is 17.1. The molecule has 5 heteroatoms. The molecule has 0 aliphatic carbocycles. The summed E-state index contributed by atoms with van der Waals surface area (Å²) in [4.78, 5) is 26.8. The topological polar surface area (TPSA) is 82.2 Å². The summed E-state index contributed by atoms with van der Waals surface area (Å²) in [5.41, 5.74) is 2.86. The van der Waals surface area contributed by atoms with E-state index in [-0.39, 0.29) is 18.2 Å². The fourth-order valence-corrected chi connectivity index (χ4v) is 2.61. The van der Waals surface area contributed by atoms with Crippen molar-refractivity contribution in [2.45, 2.75) is 46.6 Å². The summed E-state index contributed by atoms with van der Waals surface area (Å²) in [5.74, 6) is -1.21. The molecule has 2 rings (SSSR count). The number of carboxylic acids is 1. The van der Waals surface area contributed by atoms with Gasteiger partial charge in [0.15, 0.2) is 0 Å². The predicted octanol–water partition coefficient (Wildman–Crippen LogP) is 3.40. The molecule has 1 aromatic carbocycles. The maximum atomic E-state index is 12.6. The van der Waals surface area contributed by atoms with Crippen LogP contribution in [0.5, 0.6) is 0 Å². The molecule has 0 saturated carbocycles. The van der Waals surface area contributed by atoms with E-state index in [1.807, 2.05) is 45.9 Å². The summed E-state index contributed by atoms with van der Waals surface area (Å²) in [7, 11) is 0. The van der Waals surface area contributed by atoms with Crippen molar-refractivity contribution in [1.29, 1.82) is 0 Å². The molecule has 3 N–H and O–H groups in total. The highest BCUT2D eigenvalue weighted by atomic mass is 16.4. The van der Waals surface area contributed by atoms with Crippen molar-refractivity contribution >= 4 is 22.8 Å². The Balaban J connectivity index is 2.33. The molecular weight excluding hydrogens is 292 g/mol. The van der Waals surface area contributed by atoms with E-state index < -0.39 is 11.5 Å². The maximum absolute atomic E-state index is 12.6. The molecule has 23 heavy (non-hydrogen) atoms. The predicted molar refractivity (Wildman–Crippen MR) is 90.7 cm³/mol. The van der Waals surface area contributed by atoms with Gasteiger partial charge in [0, 0.05) is 10.9 Å². The van der Waals surface area contributed by atoms with Crippen LogP contribution in [0, 0.1) is 19.8 Å². The van der Waals surface area contributed by atoms with Crippen LogP contribution in [-0.4, -0.2) is 27.5 Å². The number of aromatic amines is 1. The van der Waals surface area contributed by atoms with Gasteiger partial charge in [0.25, 0.3) is 5.91 Å². The van der Waals surface area contributed by atoms with Crippen molar-refractivity contribution < 1.29 is 14.7 Å². The van der Waals surface area contributed by atoms with E-state index in [0.717, 1.165) is 16.5 Å². The molecule has 1 atom stereocenters. The zero-order chi connectivity index (χ0) is 17.4. The van der Waals surface area contributed by atoms with Crippen LogP contribution in [0.1, 0.15) is 48.8 Å². The molecule has 1 unspecified atom stereocenters. The summed E-state index contributed by atoms with van der Waals surface area (Å²) in [6.45, 7) is 9.63. The summed E-state index contributed by atoms with van der Waals surface area (Å²) < 4.78 is 0. The molecule has 1 aromatic heterocycles. The van der Waals surface area contributed by atoms with Crippen LogP contribution in [-0.2, 0) is 4.79 Å². The average Bonchev–Trinajstić information content (AvgIpc) is 2.87. The summed E-state index contributed by atoms with van der Waals surface area (Å²) in [6, 6.07) is 5.79. The average molecular weight is 316 g/mol. The molecule has 0 aliphatic rings. The normalized spacial score (nSPS) is 14.0. The number of H-pyrrole nitrogens is 1. The Morgan fingerprint density at radius 3 is 2.52 bits per heavy atom. The zero-order valence-corrected chi connectivity index (χ0v) is 14.3. The number of aryl methyl sites for hydroxylation is 2. The largest absolute Gasteiger partial charge is 0.481 e. The van der Waals surface area contributed by atoms with Gasteiger partial charge in [0.2, 0.25) is 0 Å². The second-order valence-electron chi connectivity index (χ2n) is 6.75. The number of amides is 1. The van der Waals surface area contributed by atoms with E-state index in [1.54, 1.807) is 6.92 Å². The highest BCUT2D eigenvalue weighted by Crippen LogP contribution is 2.24.